The molecule has 0 fully saturated rings. The zero-order chi connectivity index (χ0) is 22.7. The Balaban J connectivity index is 1.82. The van der Waals surface area contributed by atoms with Crippen molar-refractivity contribution in [2.45, 2.75) is 13.0 Å². The van der Waals surface area contributed by atoms with Crippen molar-refractivity contribution in [3.63, 3.8) is 0 Å². The van der Waals surface area contributed by atoms with Crippen LogP contribution in [-0.2, 0) is 0 Å². The number of tetrazole rings is 1. The van der Waals surface area contributed by atoms with Gasteiger partial charge in [0.05, 0.1) is 25.9 Å². The smallest absolute Gasteiger partial charge is 0.254 e. The molecular formula is C22H22N6O3S. The lowest BCUT2D eigenvalue weighted by Crippen LogP contribution is -2.29. The minimum atomic E-state index is -0.172. The highest BCUT2D eigenvalue weighted by atomic mass is 32.1. The van der Waals surface area contributed by atoms with Crippen LogP contribution in [-0.4, -0.2) is 57.3 Å². The number of amides is 1. The SMILES string of the molecule is COc1cccc(-c2cc(C(=O)N(C)C(C)c3nccs3)cc(-n3cnnn3)c2)c1OC. The maximum atomic E-state index is 13.5. The Morgan fingerprint density at radius 1 is 1.19 bits per heavy atom. The van der Waals surface area contributed by atoms with E-state index >= 15 is 0 Å². The third-order valence-corrected chi connectivity index (χ3v) is 6.15. The van der Waals surface area contributed by atoms with Crippen LogP contribution in [0.2, 0.25) is 0 Å². The lowest BCUT2D eigenvalue weighted by atomic mass is 9.99. The molecule has 0 spiro atoms. The normalized spacial score (nSPS) is 11.8. The van der Waals surface area contributed by atoms with Crippen molar-refractivity contribution < 1.29 is 14.3 Å². The lowest BCUT2D eigenvalue weighted by Gasteiger charge is -2.24. The molecular weight excluding hydrogens is 428 g/mol. The second kappa shape index (κ2) is 9.15. The standard InChI is InChI=1S/C22H22N6O3S/c1-14(21-23-8-9-32-21)27(2)22(29)16-10-15(11-17(12-16)28-13-24-25-26-28)18-6-5-7-19(30-3)20(18)31-4/h5-14H,1-4H3. The fraction of sp³-hybridized carbons (Fsp3) is 0.227. The Bertz CT molecular complexity index is 1210. The number of carbonyl (C=O) groups is 1. The van der Waals surface area contributed by atoms with Gasteiger partial charge in [-0.1, -0.05) is 12.1 Å². The summed E-state index contributed by atoms with van der Waals surface area (Å²) < 4.78 is 12.6. The highest BCUT2D eigenvalue weighted by Gasteiger charge is 2.23. The summed E-state index contributed by atoms with van der Waals surface area (Å²) in [6.45, 7) is 1.95. The Morgan fingerprint density at radius 3 is 2.69 bits per heavy atom. The van der Waals surface area contributed by atoms with Crippen molar-refractivity contribution >= 4 is 17.2 Å². The highest BCUT2D eigenvalue weighted by Crippen LogP contribution is 2.39. The molecule has 32 heavy (non-hydrogen) atoms. The Kier molecular flexibility index (Phi) is 6.13. The van der Waals surface area contributed by atoms with E-state index in [2.05, 4.69) is 20.5 Å². The average molecular weight is 451 g/mol. The number of carbonyl (C=O) groups excluding carboxylic acids is 1. The monoisotopic (exact) mass is 450 g/mol. The van der Waals surface area contributed by atoms with Crippen molar-refractivity contribution in [1.29, 1.82) is 0 Å². The number of benzene rings is 2. The minimum absolute atomic E-state index is 0.147. The van der Waals surface area contributed by atoms with Crippen LogP contribution in [0.1, 0.15) is 28.3 Å². The number of ether oxygens (including phenoxy) is 2. The van der Waals surface area contributed by atoms with Gasteiger partial charge in [0.1, 0.15) is 11.3 Å². The number of thiazole rings is 1. The molecule has 0 saturated heterocycles. The molecule has 2 heterocycles. The average Bonchev–Trinajstić information content (AvgIpc) is 3.56. The van der Waals surface area contributed by atoms with Crippen LogP contribution in [0.4, 0.5) is 0 Å². The van der Waals surface area contributed by atoms with Crippen molar-refractivity contribution in [2.75, 3.05) is 21.3 Å². The third-order valence-electron chi connectivity index (χ3n) is 5.20. The zero-order valence-electron chi connectivity index (χ0n) is 18.1. The Morgan fingerprint density at radius 2 is 2.03 bits per heavy atom. The van der Waals surface area contributed by atoms with E-state index in [1.54, 1.807) is 38.4 Å². The Labute approximate surface area is 189 Å². The first-order valence-electron chi connectivity index (χ1n) is 9.79. The van der Waals surface area contributed by atoms with Crippen molar-refractivity contribution in [2.24, 2.45) is 0 Å². The molecule has 4 rings (SSSR count). The van der Waals surface area contributed by atoms with E-state index in [1.165, 1.54) is 22.3 Å². The van der Waals surface area contributed by atoms with Crippen LogP contribution in [0, 0.1) is 0 Å². The van der Waals surface area contributed by atoms with Gasteiger partial charge in [0.25, 0.3) is 5.91 Å². The molecule has 1 unspecified atom stereocenters. The van der Waals surface area contributed by atoms with Crippen LogP contribution >= 0.6 is 11.3 Å². The number of nitrogens with zero attached hydrogens (tertiary/aromatic N) is 6. The summed E-state index contributed by atoms with van der Waals surface area (Å²) in [5.74, 6) is 1.03. The summed E-state index contributed by atoms with van der Waals surface area (Å²) in [6, 6.07) is 10.9. The second-order valence-corrected chi connectivity index (χ2v) is 7.95. The van der Waals surface area contributed by atoms with E-state index in [1.807, 2.05) is 42.6 Å². The van der Waals surface area contributed by atoms with E-state index in [9.17, 15) is 4.79 Å². The van der Waals surface area contributed by atoms with Gasteiger partial charge < -0.3 is 14.4 Å². The van der Waals surface area contributed by atoms with E-state index in [0.717, 1.165) is 16.1 Å². The van der Waals surface area contributed by atoms with Gasteiger partial charge in [-0.3, -0.25) is 4.79 Å². The molecule has 4 aromatic rings. The van der Waals surface area contributed by atoms with Gasteiger partial charge in [-0.2, -0.15) is 0 Å². The van der Waals surface area contributed by atoms with E-state index < -0.39 is 0 Å². The number of hydrogen-bond acceptors (Lipinski definition) is 8. The molecule has 2 aromatic carbocycles. The number of para-hydroxylation sites is 1. The third kappa shape index (κ3) is 4.04. The summed E-state index contributed by atoms with van der Waals surface area (Å²) >= 11 is 1.52. The van der Waals surface area contributed by atoms with Crippen LogP contribution in [0.5, 0.6) is 11.5 Å². The fourth-order valence-electron chi connectivity index (χ4n) is 3.40. The lowest BCUT2D eigenvalue weighted by molar-refractivity contribution is 0.0742. The zero-order valence-corrected chi connectivity index (χ0v) is 18.9. The fourth-order valence-corrected chi connectivity index (χ4v) is 4.14. The number of rotatable bonds is 7. The van der Waals surface area contributed by atoms with Crippen LogP contribution in [0.3, 0.4) is 0 Å². The number of hydrogen-bond donors (Lipinski definition) is 0. The van der Waals surface area contributed by atoms with Gasteiger partial charge in [0.2, 0.25) is 0 Å². The highest BCUT2D eigenvalue weighted by molar-refractivity contribution is 7.09. The summed E-state index contributed by atoms with van der Waals surface area (Å²) in [7, 11) is 4.94. The van der Waals surface area contributed by atoms with E-state index in [4.69, 9.17) is 9.47 Å². The van der Waals surface area contributed by atoms with Gasteiger partial charge >= 0.3 is 0 Å². The van der Waals surface area contributed by atoms with E-state index in [-0.39, 0.29) is 11.9 Å². The molecule has 1 atom stereocenters. The van der Waals surface area contributed by atoms with Gasteiger partial charge in [-0.25, -0.2) is 9.67 Å². The number of methoxy groups -OCH3 is 2. The second-order valence-electron chi connectivity index (χ2n) is 7.03. The minimum Gasteiger partial charge on any atom is -0.493 e. The molecule has 10 heteroatoms. The summed E-state index contributed by atoms with van der Waals surface area (Å²) in [6.07, 6.45) is 3.22. The van der Waals surface area contributed by atoms with Crippen molar-refractivity contribution in [1.82, 2.24) is 30.1 Å². The quantitative estimate of drug-likeness (QED) is 0.424. The molecule has 0 aliphatic rings. The maximum Gasteiger partial charge on any atom is 0.254 e. The molecule has 164 valence electrons. The molecule has 2 aromatic heterocycles. The molecule has 0 aliphatic heterocycles. The largest absolute Gasteiger partial charge is 0.493 e. The molecule has 0 N–H and O–H groups in total. The summed E-state index contributed by atoms with van der Waals surface area (Å²) in [4.78, 5) is 19.5. The van der Waals surface area contributed by atoms with Crippen LogP contribution < -0.4 is 9.47 Å². The molecule has 0 bridgehead atoms. The van der Waals surface area contributed by atoms with Gasteiger partial charge in [0.15, 0.2) is 11.5 Å². The molecule has 9 nitrogen and oxygen atoms in total. The predicted octanol–water partition coefficient (Wildman–Crippen LogP) is 3.64. The van der Waals surface area contributed by atoms with E-state index in [0.29, 0.717) is 22.7 Å². The van der Waals surface area contributed by atoms with Gasteiger partial charge in [-0.15, -0.1) is 16.4 Å². The van der Waals surface area contributed by atoms with Gasteiger partial charge in [-0.05, 0) is 47.2 Å². The predicted molar refractivity (Wildman–Crippen MR) is 120 cm³/mol. The first kappa shape index (κ1) is 21.4. The van der Waals surface area contributed by atoms with Crippen molar-refractivity contribution in [3.8, 4) is 28.3 Å². The van der Waals surface area contributed by atoms with Crippen LogP contribution in [0.15, 0.2) is 54.3 Å². The molecule has 0 radical (unpaired) electrons. The summed E-state index contributed by atoms with van der Waals surface area (Å²) in [5.41, 5.74) is 2.69. The van der Waals surface area contributed by atoms with Gasteiger partial charge in [0, 0.05) is 29.8 Å². The molecule has 0 aliphatic carbocycles. The van der Waals surface area contributed by atoms with Crippen molar-refractivity contribution in [3.05, 3.63) is 64.9 Å². The topological polar surface area (TPSA) is 95.3 Å². The first-order valence-corrected chi connectivity index (χ1v) is 10.7. The maximum absolute atomic E-state index is 13.5. The molecule has 0 saturated carbocycles. The summed E-state index contributed by atoms with van der Waals surface area (Å²) in [5, 5.41) is 14.2. The van der Waals surface area contributed by atoms with Crippen LogP contribution in [0.25, 0.3) is 16.8 Å². The first-order chi connectivity index (χ1) is 15.5. The molecule has 1 amide bonds. The Hall–Kier alpha value is -3.79. The number of aromatic nitrogens is 5.